The highest BCUT2D eigenvalue weighted by Crippen LogP contribution is 2.13. The molecule has 0 atom stereocenters. The minimum Gasteiger partial charge on any atom is -0.350 e. The zero-order chi connectivity index (χ0) is 20.8. The van der Waals surface area contributed by atoms with Crippen LogP contribution >= 0.6 is 0 Å². The van der Waals surface area contributed by atoms with Crippen molar-refractivity contribution in [2.24, 2.45) is 0 Å². The van der Waals surface area contributed by atoms with Crippen LogP contribution in [0.25, 0.3) is 5.52 Å². The van der Waals surface area contributed by atoms with Crippen LogP contribution in [0, 0.1) is 0 Å². The number of hydrogen-bond donors (Lipinski definition) is 2. The maximum absolute atomic E-state index is 12.7. The van der Waals surface area contributed by atoms with Gasteiger partial charge >= 0.3 is 0 Å². The van der Waals surface area contributed by atoms with Gasteiger partial charge in [0.25, 0.3) is 11.8 Å². The van der Waals surface area contributed by atoms with Crippen molar-refractivity contribution in [3.63, 3.8) is 0 Å². The van der Waals surface area contributed by atoms with E-state index in [-0.39, 0.29) is 29.9 Å². The smallest absolute Gasteiger partial charge is 0.288 e. The van der Waals surface area contributed by atoms with Crippen LogP contribution in [0.1, 0.15) is 32.4 Å². The summed E-state index contributed by atoms with van der Waals surface area (Å²) in [6.45, 7) is 0.760. The molecule has 0 unspecified atom stereocenters. The SMILES string of the molecule is O=C(NCCc1ccccc1)c1nc(C(=O)NCc2ccccn2)n2ccccc12. The summed E-state index contributed by atoms with van der Waals surface area (Å²) in [4.78, 5) is 34.0. The molecular formula is C23H21N5O2. The Kier molecular flexibility index (Phi) is 5.80. The Morgan fingerprint density at radius 2 is 1.67 bits per heavy atom. The predicted molar refractivity (Wildman–Crippen MR) is 113 cm³/mol. The Balaban J connectivity index is 1.48. The quantitative estimate of drug-likeness (QED) is 0.500. The molecule has 3 heterocycles. The fraction of sp³-hybridized carbons (Fsp3) is 0.130. The Hall–Kier alpha value is -4.00. The second-order valence-corrected chi connectivity index (χ2v) is 6.74. The Bertz CT molecular complexity index is 1160. The van der Waals surface area contributed by atoms with E-state index in [0.29, 0.717) is 12.1 Å². The molecule has 0 saturated carbocycles. The molecular weight excluding hydrogens is 378 g/mol. The Morgan fingerprint density at radius 1 is 0.867 bits per heavy atom. The highest BCUT2D eigenvalue weighted by Gasteiger charge is 2.21. The number of imidazole rings is 1. The van der Waals surface area contributed by atoms with Crippen molar-refractivity contribution in [2.45, 2.75) is 13.0 Å². The number of hydrogen-bond acceptors (Lipinski definition) is 4. The first-order valence-electron chi connectivity index (χ1n) is 9.69. The van der Waals surface area contributed by atoms with Gasteiger partial charge in [0, 0.05) is 18.9 Å². The summed E-state index contributed by atoms with van der Waals surface area (Å²) >= 11 is 0. The molecule has 30 heavy (non-hydrogen) atoms. The number of nitrogens with zero attached hydrogens (tertiary/aromatic N) is 3. The molecule has 0 radical (unpaired) electrons. The number of nitrogens with one attached hydrogen (secondary N) is 2. The first-order chi connectivity index (χ1) is 14.7. The molecule has 4 aromatic rings. The van der Waals surface area contributed by atoms with E-state index in [9.17, 15) is 9.59 Å². The lowest BCUT2D eigenvalue weighted by molar-refractivity contribution is 0.0939. The van der Waals surface area contributed by atoms with Crippen LogP contribution in [0.15, 0.2) is 79.1 Å². The number of rotatable bonds is 7. The van der Waals surface area contributed by atoms with E-state index in [2.05, 4.69) is 20.6 Å². The van der Waals surface area contributed by atoms with Crippen LogP contribution in [0.5, 0.6) is 0 Å². The van der Waals surface area contributed by atoms with Gasteiger partial charge in [0.1, 0.15) is 0 Å². The number of fused-ring (bicyclic) bond motifs is 1. The second kappa shape index (κ2) is 9.00. The van der Waals surface area contributed by atoms with Crippen molar-refractivity contribution in [1.82, 2.24) is 25.0 Å². The maximum Gasteiger partial charge on any atom is 0.288 e. The number of pyridine rings is 2. The van der Waals surface area contributed by atoms with Crippen molar-refractivity contribution in [3.05, 3.63) is 102 Å². The molecule has 0 bridgehead atoms. The average Bonchev–Trinajstić information content (AvgIpc) is 3.19. The summed E-state index contributed by atoms with van der Waals surface area (Å²) in [6, 6.07) is 20.8. The highest BCUT2D eigenvalue weighted by molar-refractivity contribution is 6.02. The van der Waals surface area contributed by atoms with Gasteiger partial charge in [-0.2, -0.15) is 0 Å². The van der Waals surface area contributed by atoms with Gasteiger partial charge in [-0.1, -0.05) is 42.5 Å². The molecule has 0 aliphatic carbocycles. The van der Waals surface area contributed by atoms with Crippen molar-refractivity contribution in [2.75, 3.05) is 6.54 Å². The van der Waals surface area contributed by atoms with Gasteiger partial charge in [0.15, 0.2) is 5.69 Å². The number of aromatic nitrogens is 3. The topological polar surface area (TPSA) is 88.4 Å². The van der Waals surface area contributed by atoms with Gasteiger partial charge in [-0.15, -0.1) is 0 Å². The third-order valence-electron chi connectivity index (χ3n) is 4.66. The van der Waals surface area contributed by atoms with Crippen LogP contribution in [0.4, 0.5) is 0 Å². The van der Waals surface area contributed by atoms with Crippen LogP contribution in [0.3, 0.4) is 0 Å². The lowest BCUT2D eigenvalue weighted by Crippen LogP contribution is -2.27. The summed E-state index contributed by atoms with van der Waals surface area (Å²) in [5.41, 5.74) is 2.69. The van der Waals surface area contributed by atoms with E-state index in [1.807, 2.05) is 54.6 Å². The summed E-state index contributed by atoms with van der Waals surface area (Å²) < 4.78 is 1.62. The van der Waals surface area contributed by atoms with Crippen molar-refractivity contribution >= 4 is 17.3 Å². The minimum atomic E-state index is -0.370. The largest absolute Gasteiger partial charge is 0.350 e. The normalized spacial score (nSPS) is 10.7. The van der Waals surface area contributed by atoms with Crippen LogP contribution in [-0.4, -0.2) is 32.7 Å². The van der Waals surface area contributed by atoms with Crippen LogP contribution in [0.2, 0.25) is 0 Å². The molecule has 0 spiro atoms. The molecule has 0 aliphatic heterocycles. The van der Waals surface area contributed by atoms with Crippen molar-refractivity contribution < 1.29 is 9.59 Å². The van der Waals surface area contributed by atoms with Gasteiger partial charge in [0.05, 0.1) is 17.8 Å². The lowest BCUT2D eigenvalue weighted by Gasteiger charge is -2.04. The minimum absolute atomic E-state index is 0.162. The van der Waals surface area contributed by atoms with Gasteiger partial charge in [-0.3, -0.25) is 19.0 Å². The molecule has 1 aromatic carbocycles. The lowest BCUT2D eigenvalue weighted by atomic mass is 10.1. The van der Waals surface area contributed by atoms with Crippen molar-refractivity contribution in [3.8, 4) is 0 Å². The number of amides is 2. The fourth-order valence-electron chi connectivity index (χ4n) is 3.17. The zero-order valence-corrected chi connectivity index (χ0v) is 16.3. The third-order valence-corrected chi connectivity index (χ3v) is 4.66. The Morgan fingerprint density at radius 3 is 2.47 bits per heavy atom. The fourth-order valence-corrected chi connectivity index (χ4v) is 3.17. The molecule has 150 valence electrons. The van der Waals surface area contributed by atoms with E-state index < -0.39 is 0 Å². The molecule has 0 saturated heterocycles. The molecule has 0 aliphatic rings. The monoisotopic (exact) mass is 399 g/mol. The molecule has 0 fully saturated rings. The maximum atomic E-state index is 12.7. The molecule has 2 N–H and O–H groups in total. The Labute approximate surface area is 173 Å². The average molecular weight is 399 g/mol. The highest BCUT2D eigenvalue weighted by atomic mass is 16.2. The molecule has 2 amide bonds. The van der Waals surface area contributed by atoms with Crippen LogP contribution in [-0.2, 0) is 13.0 Å². The van der Waals surface area contributed by atoms with Gasteiger partial charge < -0.3 is 10.6 Å². The number of carbonyl (C=O) groups is 2. The summed E-state index contributed by atoms with van der Waals surface area (Å²) in [5.74, 6) is -0.515. The van der Waals surface area contributed by atoms with E-state index in [0.717, 1.165) is 17.7 Å². The van der Waals surface area contributed by atoms with E-state index in [1.165, 1.54) is 0 Å². The molecule has 3 aromatic heterocycles. The van der Waals surface area contributed by atoms with E-state index >= 15 is 0 Å². The summed E-state index contributed by atoms with van der Waals surface area (Å²) in [6.07, 6.45) is 4.11. The third kappa shape index (κ3) is 4.35. The van der Waals surface area contributed by atoms with Gasteiger partial charge in [0.2, 0.25) is 5.82 Å². The van der Waals surface area contributed by atoms with Crippen LogP contribution < -0.4 is 10.6 Å². The standard InChI is InChI=1S/C23H21N5O2/c29-22(25-14-12-17-8-2-1-3-9-17)20-19-11-5-7-15-28(19)21(27-20)23(30)26-16-18-10-4-6-13-24-18/h1-11,13,15H,12,14,16H2,(H,25,29)(H,26,30). The van der Waals surface area contributed by atoms with Gasteiger partial charge in [-0.05, 0) is 36.2 Å². The summed E-state index contributed by atoms with van der Waals surface area (Å²) in [7, 11) is 0. The first-order valence-corrected chi connectivity index (χ1v) is 9.69. The van der Waals surface area contributed by atoms with Gasteiger partial charge in [-0.25, -0.2) is 4.98 Å². The predicted octanol–water partition coefficient (Wildman–Crippen LogP) is 2.63. The summed E-state index contributed by atoms with van der Waals surface area (Å²) in [5, 5.41) is 5.70. The number of carbonyl (C=O) groups excluding carboxylic acids is 2. The zero-order valence-electron chi connectivity index (χ0n) is 16.3. The van der Waals surface area contributed by atoms with E-state index in [4.69, 9.17) is 0 Å². The molecule has 4 rings (SSSR count). The molecule has 7 nitrogen and oxygen atoms in total. The van der Waals surface area contributed by atoms with E-state index in [1.54, 1.807) is 28.9 Å². The first kappa shape index (κ1) is 19.3. The second-order valence-electron chi connectivity index (χ2n) is 6.74. The van der Waals surface area contributed by atoms with Crippen molar-refractivity contribution in [1.29, 1.82) is 0 Å². The number of benzene rings is 1. The molecule has 7 heteroatoms.